The molecule has 3 rings (SSSR count). The van der Waals surface area contributed by atoms with Gasteiger partial charge in [-0.3, -0.25) is 23.8 Å². The fourth-order valence-electron chi connectivity index (χ4n) is 5.74. The summed E-state index contributed by atoms with van der Waals surface area (Å²) in [6, 6.07) is 0.728. The first-order chi connectivity index (χ1) is 21.1. The van der Waals surface area contributed by atoms with Crippen molar-refractivity contribution < 1.29 is 33.7 Å². The van der Waals surface area contributed by atoms with Crippen molar-refractivity contribution >= 4 is 7.60 Å². The summed E-state index contributed by atoms with van der Waals surface area (Å²) < 4.78 is 32.0. The molecule has 0 bridgehead atoms. The highest BCUT2D eigenvalue weighted by Crippen LogP contribution is 2.49. The number of likely N-dealkylation sites (tertiary alicyclic amines) is 1. The molecule has 0 spiro atoms. The van der Waals surface area contributed by atoms with E-state index < -0.39 is 49.5 Å². The highest BCUT2D eigenvalue weighted by Gasteiger charge is 2.45. The van der Waals surface area contributed by atoms with E-state index in [9.17, 15) is 29.5 Å². The minimum atomic E-state index is -3.66. The van der Waals surface area contributed by atoms with Gasteiger partial charge in [-0.05, 0) is 6.42 Å². The van der Waals surface area contributed by atoms with Gasteiger partial charge in [-0.1, -0.05) is 84.0 Å². The Kier molecular flexibility index (Phi) is 16.2. The monoisotopic (exact) mass is 646 g/mol. The third kappa shape index (κ3) is 12.1. The number of nitrogens with two attached hydrogens (primary N) is 1. The van der Waals surface area contributed by atoms with Gasteiger partial charge in [-0.15, -0.1) is 0 Å². The molecule has 7 atom stereocenters. The minimum Gasteiger partial charge on any atom is -0.390 e. The molecule has 6 N–H and O–H groups in total. The molecule has 2 aliphatic heterocycles. The van der Waals surface area contributed by atoms with Crippen LogP contribution in [0.2, 0.25) is 0 Å². The van der Waals surface area contributed by atoms with E-state index in [1.165, 1.54) is 70.4 Å². The van der Waals surface area contributed by atoms with E-state index in [4.69, 9.17) is 19.5 Å². The molecule has 0 saturated carbocycles. The van der Waals surface area contributed by atoms with Gasteiger partial charge in [0.25, 0.3) is 5.56 Å². The van der Waals surface area contributed by atoms with Gasteiger partial charge in [0, 0.05) is 37.9 Å². The number of aliphatic hydroxyl groups is 3. The second kappa shape index (κ2) is 19.3. The Morgan fingerprint density at radius 2 is 1.55 bits per heavy atom. The lowest BCUT2D eigenvalue weighted by molar-refractivity contribution is -0.0531. The Hall–Kier alpha value is -1.41. The Morgan fingerprint density at radius 1 is 0.932 bits per heavy atom. The molecule has 0 aromatic carbocycles. The molecular formula is C30H55N4O9P. The zero-order valence-corrected chi connectivity index (χ0v) is 27.2. The van der Waals surface area contributed by atoms with Crippen LogP contribution in [0.4, 0.5) is 0 Å². The zero-order valence-electron chi connectivity index (χ0n) is 26.3. The van der Waals surface area contributed by atoms with Crippen molar-refractivity contribution in [1.29, 1.82) is 0 Å². The fourth-order valence-corrected chi connectivity index (χ4v) is 7.38. The SMILES string of the molecule is CCCCCCCCCCCCCCCOP(=O)(CCN1C[C@@H](O)[C@@H](N)C1)OC[C@H]1O[C@@H](n2ccc(=O)[nH]c2=O)[C@H](O)[C@@H]1O. The smallest absolute Gasteiger partial charge is 0.332 e. The number of aromatic nitrogens is 2. The van der Waals surface area contributed by atoms with Crippen molar-refractivity contribution in [2.24, 2.45) is 5.73 Å². The lowest BCUT2D eigenvalue weighted by Crippen LogP contribution is -2.37. The number of hydrogen-bond donors (Lipinski definition) is 5. The number of hydrogen-bond acceptors (Lipinski definition) is 11. The molecule has 0 radical (unpaired) electrons. The molecule has 2 saturated heterocycles. The highest BCUT2D eigenvalue weighted by atomic mass is 31.2. The molecule has 44 heavy (non-hydrogen) atoms. The molecule has 2 aliphatic rings. The number of aliphatic hydroxyl groups excluding tert-OH is 3. The van der Waals surface area contributed by atoms with Crippen LogP contribution in [-0.4, -0.2) is 99.2 Å². The Bertz CT molecular complexity index is 1110. The first-order valence-electron chi connectivity index (χ1n) is 16.5. The molecule has 14 heteroatoms. The molecule has 254 valence electrons. The summed E-state index contributed by atoms with van der Waals surface area (Å²) in [7, 11) is -3.66. The van der Waals surface area contributed by atoms with Gasteiger partial charge in [-0.25, -0.2) is 4.79 Å². The van der Waals surface area contributed by atoms with E-state index in [2.05, 4.69) is 11.9 Å². The highest BCUT2D eigenvalue weighted by molar-refractivity contribution is 7.53. The van der Waals surface area contributed by atoms with Crippen LogP contribution in [0.15, 0.2) is 21.9 Å². The van der Waals surface area contributed by atoms with Crippen LogP contribution in [0.1, 0.15) is 96.6 Å². The number of unbranched alkanes of at least 4 members (excludes halogenated alkanes) is 12. The van der Waals surface area contributed by atoms with Crippen molar-refractivity contribution in [2.75, 3.05) is 39.0 Å². The van der Waals surface area contributed by atoms with Crippen molar-refractivity contribution in [2.45, 2.75) is 127 Å². The molecule has 3 heterocycles. The van der Waals surface area contributed by atoms with E-state index in [1.807, 2.05) is 4.90 Å². The van der Waals surface area contributed by atoms with Gasteiger partial charge in [0.15, 0.2) is 6.23 Å². The first kappa shape index (κ1) is 37.1. The normalized spacial score (nSPS) is 27.2. The third-order valence-corrected chi connectivity index (χ3v) is 10.4. The van der Waals surface area contributed by atoms with Crippen LogP contribution in [0.25, 0.3) is 0 Å². The largest absolute Gasteiger partial charge is 0.390 e. The van der Waals surface area contributed by atoms with Gasteiger partial charge < -0.3 is 34.8 Å². The summed E-state index contributed by atoms with van der Waals surface area (Å²) in [5.74, 6) is 0. The van der Waals surface area contributed by atoms with Crippen LogP contribution >= 0.6 is 7.60 Å². The average Bonchev–Trinajstić information content (AvgIpc) is 3.47. The Balaban J connectivity index is 1.43. The van der Waals surface area contributed by atoms with Crippen molar-refractivity contribution in [1.82, 2.24) is 14.5 Å². The summed E-state index contributed by atoms with van der Waals surface area (Å²) in [6.07, 6.45) is 11.0. The molecular weight excluding hydrogens is 591 g/mol. The molecule has 2 fully saturated rings. The van der Waals surface area contributed by atoms with E-state index in [1.54, 1.807) is 0 Å². The minimum absolute atomic E-state index is 0.0546. The number of aromatic amines is 1. The summed E-state index contributed by atoms with van der Waals surface area (Å²) in [4.78, 5) is 27.6. The maximum absolute atomic E-state index is 13.8. The Morgan fingerprint density at radius 3 is 2.11 bits per heavy atom. The van der Waals surface area contributed by atoms with Gasteiger partial charge in [0.05, 0.1) is 25.5 Å². The van der Waals surface area contributed by atoms with Crippen LogP contribution in [0.5, 0.6) is 0 Å². The van der Waals surface area contributed by atoms with Crippen LogP contribution in [0, 0.1) is 0 Å². The van der Waals surface area contributed by atoms with Crippen molar-refractivity contribution in [3.63, 3.8) is 0 Å². The quantitative estimate of drug-likeness (QED) is 0.0919. The predicted octanol–water partition coefficient (Wildman–Crippen LogP) is 2.48. The molecule has 0 amide bonds. The standard InChI is InChI=1S/C30H55N4O9P/c1-2-3-4-5-6-7-8-9-10-11-12-13-14-18-41-44(40,19-17-33-20-23(31)24(35)21-33)42-22-25-27(37)28(38)29(43-25)34-16-15-26(36)32-30(34)39/h15-16,23-25,27-29,35,37-38H,2-14,17-22,31H2,1H3,(H,32,36,39)/t23-,24+,25+,27+,28+,29+,44?/m0/s1. The number of ether oxygens (including phenoxy) is 1. The van der Waals surface area contributed by atoms with Crippen LogP contribution < -0.4 is 17.0 Å². The maximum atomic E-state index is 13.8. The second-order valence-corrected chi connectivity index (χ2v) is 14.4. The molecule has 1 unspecified atom stereocenters. The van der Waals surface area contributed by atoms with Crippen molar-refractivity contribution in [3.8, 4) is 0 Å². The summed E-state index contributed by atoms with van der Waals surface area (Å²) >= 11 is 0. The number of H-pyrrole nitrogens is 1. The fraction of sp³-hybridized carbons (Fsp3) is 0.867. The number of rotatable bonds is 22. The first-order valence-corrected chi connectivity index (χ1v) is 18.2. The average molecular weight is 647 g/mol. The maximum Gasteiger partial charge on any atom is 0.332 e. The molecule has 13 nitrogen and oxygen atoms in total. The van der Waals surface area contributed by atoms with E-state index >= 15 is 0 Å². The number of nitrogens with one attached hydrogen (secondary N) is 1. The van der Waals surface area contributed by atoms with Gasteiger partial charge >= 0.3 is 13.3 Å². The number of β-amino-alcohol motifs (C(OH)–C–C–N with tert-alkyl or cyclic N) is 1. The van der Waals surface area contributed by atoms with Crippen molar-refractivity contribution in [3.05, 3.63) is 33.1 Å². The molecule has 0 aliphatic carbocycles. The van der Waals surface area contributed by atoms with Gasteiger partial charge in [0.2, 0.25) is 0 Å². The van der Waals surface area contributed by atoms with Crippen LogP contribution in [-0.2, 0) is 18.3 Å². The second-order valence-electron chi connectivity index (χ2n) is 12.3. The lowest BCUT2D eigenvalue weighted by Gasteiger charge is -2.24. The molecule has 1 aromatic rings. The lowest BCUT2D eigenvalue weighted by atomic mass is 10.0. The third-order valence-electron chi connectivity index (χ3n) is 8.53. The number of nitrogens with zero attached hydrogens (tertiary/aromatic N) is 2. The zero-order chi connectivity index (χ0) is 32.0. The van der Waals surface area contributed by atoms with Crippen LogP contribution in [0.3, 0.4) is 0 Å². The van der Waals surface area contributed by atoms with E-state index in [-0.39, 0.29) is 25.4 Å². The summed E-state index contributed by atoms with van der Waals surface area (Å²) in [5, 5.41) is 31.1. The van der Waals surface area contributed by atoms with Gasteiger partial charge in [0.1, 0.15) is 18.3 Å². The summed E-state index contributed by atoms with van der Waals surface area (Å²) in [5.41, 5.74) is 4.51. The van der Waals surface area contributed by atoms with Gasteiger partial charge in [-0.2, -0.15) is 0 Å². The predicted molar refractivity (Wildman–Crippen MR) is 168 cm³/mol. The molecule has 1 aromatic heterocycles. The summed E-state index contributed by atoms with van der Waals surface area (Å²) in [6.45, 7) is 3.32. The van der Waals surface area contributed by atoms with E-state index in [0.29, 0.717) is 19.6 Å². The Labute approximate surface area is 260 Å². The van der Waals surface area contributed by atoms with E-state index in [0.717, 1.165) is 29.9 Å². The topological polar surface area (TPSA) is 190 Å².